The largest absolute Gasteiger partial charge is 0.455 e. The van der Waals surface area contributed by atoms with Crippen LogP contribution in [0.25, 0.3) is 0 Å². The molecule has 27 heavy (non-hydrogen) atoms. The Morgan fingerprint density at radius 1 is 1.22 bits per heavy atom. The van der Waals surface area contributed by atoms with E-state index in [0.717, 1.165) is 22.5 Å². The van der Waals surface area contributed by atoms with Crippen molar-refractivity contribution in [2.75, 3.05) is 26.7 Å². The number of likely N-dealkylation sites (N-methyl/N-ethyl adjacent to an activating group) is 1. The van der Waals surface area contributed by atoms with Crippen LogP contribution >= 0.6 is 0 Å². The van der Waals surface area contributed by atoms with Crippen molar-refractivity contribution < 1.29 is 35.9 Å². The number of ether oxygens (including phenoxy) is 1. The number of nitrogens with zero attached hydrogens (tertiary/aromatic N) is 1. The molecule has 0 saturated carbocycles. The van der Waals surface area contributed by atoms with Gasteiger partial charge in [0.15, 0.2) is 6.61 Å². The fraction of sp³-hybridized carbons (Fsp3) is 0.500. The van der Waals surface area contributed by atoms with Gasteiger partial charge >= 0.3 is 12.1 Å². The van der Waals surface area contributed by atoms with E-state index in [0.29, 0.717) is 0 Å². The standard InChI is InChI=1S/C16H19F3N2O5S/c1-20-14(22)10-26-15(23)11-6-8-21(9-7-11)27(24,25)13-5-3-2-4-12(13)16(17,18)19/h2-5,11H,6-10H2,1H3,(H,20,22). The lowest BCUT2D eigenvalue weighted by Crippen LogP contribution is -2.41. The van der Waals surface area contributed by atoms with Gasteiger partial charge in [0, 0.05) is 20.1 Å². The number of hydrogen-bond donors (Lipinski definition) is 1. The number of piperidine rings is 1. The summed E-state index contributed by atoms with van der Waals surface area (Å²) in [5.74, 6) is -1.72. The molecule has 1 N–H and O–H groups in total. The van der Waals surface area contributed by atoms with Gasteiger partial charge in [-0.1, -0.05) is 12.1 Å². The summed E-state index contributed by atoms with van der Waals surface area (Å²) < 4.78 is 70.4. The van der Waals surface area contributed by atoms with E-state index in [9.17, 15) is 31.2 Å². The lowest BCUT2D eigenvalue weighted by atomic mass is 9.98. The van der Waals surface area contributed by atoms with Crippen LogP contribution in [-0.2, 0) is 30.5 Å². The number of rotatable bonds is 5. The van der Waals surface area contributed by atoms with Crippen LogP contribution in [-0.4, -0.2) is 51.3 Å². The lowest BCUT2D eigenvalue weighted by molar-refractivity contribution is -0.153. The van der Waals surface area contributed by atoms with Gasteiger partial charge in [0.2, 0.25) is 10.0 Å². The van der Waals surface area contributed by atoms with Gasteiger partial charge in [-0.05, 0) is 25.0 Å². The molecule has 0 aliphatic carbocycles. The van der Waals surface area contributed by atoms with Crippen molar-refractivity contribution in [3.05, 3.63) is 29.8 Å². The fourth-order valence-electron chi connectivity index (χ4n) is 2.72. The maximum atomic E-state index is 13.1. The number of amides is 1. The molecule has 1 aliphatic heterocycles. The summed E-state index contributed by atoms with van der Waals surface area (Å²) in [7, 11) is -2.97. The van der Waals surface area contributed by atoms with Crippen LogP contribution in [0.2, 0.25) is 0 Å². The smallest absolute Gasteiger partial charge is 0.417 e. The van der Waals surface area contributed by atoms with Crippen LogP contribution in [0.5, 0.6) is 0 Å². The molecule has 1 aromatic carbocycles. The number of alkyl halides is 3. The Morgan fingerprint density at radius 3 is 2.37 bits per heavy atom. The third-order valence-corrected chi connectivity index (χ3v) is 6.18. The molecule has 0 radical (unpaired) electrons. The summed E-state index contributed by atoms with van der Waals surface area (Å²) in [5, 5.41) is 2.29. The third-order valence-electron chi connectivity index (χ3n) is 4.22. The quantitative estimate of drug-likeness (QED) is 0.744. The number of nitrogens with one attached hydrogen (secondary N) is 1. The minimum Gasteiger partial charge on any atom is -0.455 e. The van der Waals surface area contributed by atoms with Gasteiger partial charge in [-0.15, -0.1) is 0 Å². The summed E-state index contributed by atoms with van der Waals surface area (Å²) in [4.78, 5) is 22.2. The van der Waals surface area contributed by atoms with Crippen LogP contribution in [0.4, 0.5) is 13.2 Å². The predicted molar refractivity (Wildman–Crippen MR) is 88.0 cm³/mol. The van der Waals surface area contributed by atoms with Gasteiger partial charge in [0.05, 0.1) is 16.4 Å². The molecule has 11 heteroatoms. The van der Waals surface area contributed by atoms with Crippen molar-refractivity contribution in [1.82, 2.24) is 9.62 Å². The van der Waals surface area contributed by atoms with Gasteiger partial charge in [0.25, 0.3) is 5.91 Å². The molecule has 1 fully saturated rings. The first kappa shape index (κ1) is 21.2. The monoisotopic (exact) mass is 408 g/mol. The highest BCUT2D eigenvalue weighted by Gasteiger charge is 2.40. The van der Waals surface area contributed by atoms with Crippen molar-refractivity contribution in [2.24, 2.45) is 5.92 Å². The number of hydrogen-bond acceptors (Lipinski definition) is 5. The van der Waals surface area contributed by atoms with E-state index in [2.05, 4.69) is 5.32 Å². The maximum Gasteiger partial charge on any atom is 0.417 e. The highest BCUT2D eigenvalue weighted by atomic mass is 32.2. The van der Waals surface area contributed by atoms with Gasteiger partial charge in [0.1, 0.15) is 0 Å². The number of sulfonamides is 1. The number of carbonyl (C=O) groups is 2. The molecule has 0 aromatic heterocycles. The second kappa shape index (κ2) is 8.26. The summed E-state index contributed by atoms with van der Waals surface area (Å²) in [6.07, 6.45) is -4.61. The molecule has 0 unspecified atom stereocenters. The average molecular weight is 408 g/mol. The SMILES string of the molecule is CNC(=O)COC(=O)C1CCN(S(=O)(=O)c2ccccc2C(F)(F)F)CC1. The van der Waals surface area contributed by atoms with Crippen molar-refractivity contribution in [3.8, 4) is 0 Å². The van der Waals surface area contributed by atoms with Crippen LogP contribution in [0.1, 0.15) is 18.4 Å². The molecule has 1 aromatic rings. The summed E-state index contributed by atoms with van der Waals surface area (Å²) >= 11 is 0. The molecule has 150 valence electrons. The van der Waals surface area contributed by atoms with Crippen molar-refractivity contribution in [2.45, 2.75) is 23.9 Å². The van der Waals surface area contributed by atoms with Crippen LogP contribution in [0.15, 0.2) is 29.2 Å². The van der Waals surface area contributed by atoms with Gasteiger partial charge in [-0.3, -0.25) is 9.59 Å². The fourth-order valence-corrected chi connectivity index (χ4v) is 4.41. The van der Waals surface area contributed by atoms with Crippen molar-refractivity contribution in [3.63, 3.8) is 0 Å². The number of benzene rings is 1. The lowest BCUT2D eigenvalue weighted by Gasteiger charge is -2.30. The van der Waals surface area contributed by atoms with Gasteiger partial charge < -0.3 is 10.1 Å². The number of halogens is 3. The highest BCUT2D eigenvalue weighted by Crippen LogP contribution is 2.36. The van der Waals surface area contributed by atoms with Crippen LogP contribution < -0.4 is 5.32 Å². The van der Waals surface area contributed by atoms with E-state index in [1.54, 1.807) is 0 Å². The molecule has 1 amide bonds. The number of carbonyl (C=O) groups excluding carboxylic acids is 2. The van der Waals surface area contributed by atoms with Gasteiger partial charge in [-0.2, -0.15) is 17.5 Å². The van der Waals surface area contributed by atoms with Crippen LogP contribution in [0, 0.1) is 5.92 Å². The van der Waals surface area contributed by atoms with E-state index < -0.39 is 51.1 Å². The molecule has 1 saturated heterocycles. The summed E-state index contributed by atoms with van der Waals surface area (Å²) in [5.41, 5.74) is -1.22. The molecule has 2 rings (SSSR count). The van der Waals surface area contributed by atoms with Crippen LogP contribution in [0.3, 0.4) is 0 Å². The molecule has 1 heterocycles. The molecule has 7 nitrogen and oxygen atoms in total. The highest BCUT2D eigenvalue weighted by molar-refractivity contribution is 7.89. The first-order valence-electron chi connectivity index (χ1n) is 8.11. The van der Waals surface area contributed by atoms with E-state index >= 15 is 0 Å². The zero-order valence-electron chi connectivity index (χ0n) is 14.5. The Balaban J connectivity index is 2.08. The first-order chi connectivity index (χ1) is 12.6. The Bertz CT molecular complexity index is 803. The zero-order chi connectivity index (χ0) is 20.2. The molecular formula is C16H19F3N2O5S. The van der Waals surface area contributed by atoms with E-state index in [1.165, 1.54) is 13.1 Å². The second-order valence-corrected chi connectivity index (χ2v) is 7.86. The minimum absolute atomic E-state index is 0.0972. The normalized spacial score (nSPS) is 16.7. The average Bonchev–Trinajstić information content (AvgIpc) is 2.65. The summed E-state index contributed by atoms with van der Waals surface area (Å²) in [6, 6.07) is 3.99. The number of esters is 1. The Kier molecular flexibility index (Phi) is 6.47. The second-order valence-electron chi connectivity index (χ2n) is 5.95. The zero-order valence-corrected chi connectivity index (χ0v) is 15.3. The van der Waals surface area contributed by atoms with E-state index in [4.69, 9.17) is 4.74 Å². The molecule has 1 aliphatic rings. The van der Waals surface area contributed by atoms with E-state index in [1.807, 2.05) is 0 Å². The Morgan fingerprint density at radius 2 is 1.81 bits per heavy atom. The molecule has 0 spiro atoms. The topological polar surface area (TPSA) is 92.8 Å². The third kappa shape index (κ3) is 4.98. The van der Waals surface area contributed by atoms with E-state index in [-0.39, 0.29) is 25.9 Å². The van der Waals surface area contributed by atoms with Crippen molar-refractivity contribution >= 4 is 21.9 Å². The molecule has 0 bridgehead atoms. The Hall–Kier alpha value is -2.14. The first-order valence-corrected chi connectivity index (χ1v) is 9.55. The Labute approximate surface area is 154 Å². The molecular weight excluding hydrogens is 389 g/mol. The van der Waals surface area contributed by atoms with Gasteiger partial charge in [-0.25, -0.2) is 8.42 Å². The maximum absolute atomic E-state index is 13.1. The predicted octanol–water partition coefficient (Wildman–Crippen LogP) is 1.40. The van der Waals surface area contributed by atoms with Crippen molar-refractivity contribution in [1.29, 1.82) is 0 Å². The summed E-state index contributed by atoms with van der Waals surface area (Å²) in [6.45, 7) is -0.671. The minimum atomic E-state index is -4.80. The molecule has 0 atom stereocenters.